The quantitative estimate of drug-likeness (QED) is 0.844. The number of fused-ring (bicyclic) bond motifs is 2. The first-order chi connectivity index (χ1) is 12.8. The Hall–Kier alpha value is -1.34. The lowest BCUT2D eigenvalue weighted by Gasteiger charge is -2.32. The molecule has 3 aliphatic heterocycles. The van der Waals surface area contributed by atoms with Gasteiger partial charge in [-0.2, -0.15) is 0 Å². The van der Waals surface area contributed by atoms with E-state index in [9.17, 15) is 0 Å². The van der Waals surface area contributed by atoms with Crippen molar-refractivity contribution in [1.82, 2.24) is 25.0 Å². The minimum absolute atomic E-state index is 0. The summed E-state index contributed by atoms with van der Waals surface area (Å²) < 4.78 is 8.18. The van der Waals surface area contributed by atoms with Gasteiger partial charge < -0.3 is 14.6 Å². The summed E-state index contributed by atoms with van der Waals surface area (Å²) in [4.78, 5) is 2.51. The Kier molecular flexibility index (Phi) is 5.60. The number of hydrogen-bond acceptors (Lipinski definition) is 5. The van der Waals surface area contributed by atoms with E-state index in [0.717, 1.165) is 81.7 Å². The predicted molar refractivity (Wildman–Crippen MR) is 107 cm³/mol. The Morgan fingerprint density at radius 3 is 2.89 bits per heavy atom. The first kappa shape index (κ1) is 19.0. The van der Waals surface area contributed by atoms with Crippen LogP contribution in [0.2, 0.25) is 5.02 Å². The van der Waals surface area contributed by atoms with Crippen LogP contribution in [0.3, 0.4) is 0 Å². The average molecular weight is 410 g/mol. The number of rotatable bonds is 3. The fourth-order valence-corrected chi connectivity index (χ4v) is 4.73. The van der Waals surface area contributed by atoms with Crippen molar-refractivity contribution in [3.63, 3.8) is 0 Å². The molecule has 1 aromatic heterocycles. The zero-order chi connectivity index (χ0) is 17.5. The van der Waals surface area contributed by atoms with Gasteiger partial charge in [0.2, 0.25) is 0 Å². The molecular weight excluding hydrogens is 385 g/mol. The van der Waals surface area contributed by atoms with Crippen LogP contribution in [0.5, 0.6) is 5.75 Å². The van der Waals surface area contributed by atoms with Gasteiger partial charge in [-0.05, 0) is 43.6 Å². The van der Waals surface area contributed by atoms with Crippen molar-refractivity contribution >= 4 is 24.0 Å². The van der Waals surface area contributed by atoms with Gasteiger partial charge in [-0.15, -0.1) is 22.6 Å². The minimum Gasteiger partial charge on any atom is -0.493 e. The summed E-state index contributed by atoms with van der Waals surface area (Å²) in [6, 6.07) is 4.11. The van der Waals surface area contributed by atoms with Crippen LogP contribution in [0.25, 0.3) is 0 Å². The summed E-state index contributed by atoms with van der Waals surface area (Å²) >= 11 is 6.31. The molecule has 0 spiro atoms. The molecular formula is C19H25Cl2N5O. The fourth-order valence-electron chi connectivity index (χ4n) is 4.47. The van der Waals surface area contributed by atoms with E-state index < -0.39 is 0 Å². The second-order valence-corrected chi connectivity index (χ2v) is 7.94. The Morgan fingerprint density at radius 1 is 1.19 bits per heavy atom. The summed E-state index contributed by atoms with van der Waals surface area (Å²) in [6.45, 7) is 6.68. The van der Waals surface area contributed by atoms with Crippen LogP contribution in [0.15, 0.2) is 12.1 Å². The van der Waals surface area contributed by atoms with Crippen LogP contribution in [0.4, 0.5) is 0 Å². The van der Waals surface area contributed by atoms with E-state index in [1.54, 1.807) is 0 Å². The van der Waals surface area contributed by atoms with E-state index in [4.69, 9.17) is 16.3 Å². The highest BCUT2D eigenvalue weighted by Gasteiger charge is 2.28. The first-order valence-corrected chi connectivity index (χ1v) is 9.95. The topological polar surface area (TPSA) is 55.2 Å². The standard InChI is InChI=1S/C19H24ClN5O.ClH/c20-16-9-14-3-8-26-18(14)15(10-16)12-24-5-1-13(2-6-24)19-23-22-17-11-21-4-7-25(17)19;/h9-10,13,21H,1-8,11-12H2;1H. The second kappa shape index (κ2) is 7.95. The molecule has 1 N–H and O–H groups in total. The second-order valence-electron chi connectivity index (χ2n) is 7.50. The molecule has 1 aromatic carbocycles. The summed E-state index contributed by atoms with van der Waals surface area (Å²) in [5, 5.41) is 13.1. The monoisotopic (exact) mass is 409 g/mol. The number of piperidine rings is 1. The van der Waals surface area contributed by atoms with Gasteiger partial charge in [0.05, 0.1) is 13.2 Å². The summed E-state index contributed by atoms with van der Waals surface area (Å²) in [6.07, 6.45) is 3.24. The molecule has 2 aromatic rings. The highest BCUT2D eigenvalue weighted by atomic mass is 35.5. The number of nitrogens with zero attached hydrogens (tertiary/aromatic N) is 4. The largest absolute Gasteiger partial charge is 0.493 e. The van der Waals surface area contributed by atoms with Gasteiger partial charge in [-0.25, -0.2) is 0 Å². The Balaban J connectivity index is 0.00000180. The molecule has 0 radical (unpaired) electrons. The van der Waals surface area contributed by atoms with Gasteiger partial charge in [-0.3, -0.25) is 4.90 Å². The number of hydrogen-bond donors (Lipinski definition) is 1. The van der Waals surface area contributed by atoms with Crippen molar-refractivity contribution < 1.29 is 4.74 Å². The van der Waals surface area contributed by atoms with E-state index in [0.29, 0.717) is 5.92 Å². The summed E-state index contributed by atoms with van der Waals surface area (Å²) in [5.41, 5.74) is 2.49. The van der Waals surface area contributed by atoms with Gasteiger partial charge in [0, 0.05) is 42.6 Å². The number of likely N-dealkylation sites (tertiary alicyclic amines) is 1. The lowest BCUT2D eigenvalue weighted by molar-refractivity contribution is 0.197. The van der Waals surface area contributed by atoms with Gasteiger partial charge in [0.25, 0.3) is 0 Å². The first-order valence-electron chi connectivity index (χ1n) is 9.57. The number of halogens is 2. The molecule has 27 heavy (non-hydrogen) atoms. The molecule has 146 valence electrons. The average Bonchev–Trinajstić information content (AvgIpc) is 3.29. The number of aromatic nitrogens is 3. The van der Waals surface area contributed by atoms with Gasteiger partial charge in [0.15, 0.2) is 0 Å². The highest BCUT2D eigenvalue weighted by molar-refractivity contribution is 6.30. The van der Waals surface area contributed by atoms with Crippen molar-refractivity contribution in [2.75, 3.05) is 26.2 Å². The van der Waals surface area contributed by atoms with E-state index in [1.807, 2.05) is 6.07 Å². The van der Waals surface area contributed by atoms with Crippen LogP contribution in [0.1, 0.15) is 41.5 Å². The third-order valence-electron chi connectivity index (χ3n) is 5.82. The molecule has 5 rings (SSSR count). The molecule has 0 unspecified atom stereocenters. The minimum atomic E-state index is 0. The molecule has 0 aliphatic carbocycles. The molecule has 3 aliphatic rings. The smallest absolute Gasteiger partial charge is 0.147 e. The maximum absolute atomic E-state index is 6.31. The van der Waals surface area contributed by atoms with Crippen molar-refractivity contribution in [3.8, 4) is 5.75 Å². The number of benzene rings is 1. The lowest BCUT2D eigenvalue weighted by atomic mass is 9.95. The molecule has 0 amide bonds. The maximum atomic E-state index is 6.31. The van der Waals surface area contributed by atoms with Crippen LogP contribution < -0.4 is 10.1 Å². The van der Waals surface area contributed by atoms with Crippen molar-refractivity contribution in [3.05, 3.63) is 39.9 Å². The van der Waals surface area contributed by atoms with Gasteiger partial charge >= 0.3 is 0 Å². The van der Waals surface area contributed by atoms with E-state index in [2.05, 4.69) is 31.0 Å². The molecule has 4 heterocycles. The van der Waals surface area contributed by atoms with Crippen LogP contribution in [0, 0.1) is 0 Å². The molecule has 8 heteroatoms. The third-order valence-corrected chi connectivity index (χ3v) is 6.04. The van der Waals surface area contributed by atoms with Crippen LogP contribution >= 0.6 is 24.0 Å². The van der Waals surface area contributed by atoms with E-state index >= 15 is 0 Å². The van der Waals surface area contributed by atoms with E-state index in [-0.39, 0.29) is 12.4 Å². The van der Waals surface area contributed by atoms with Crippen LogP contribution in [-0.2, 0) is 26.1 Å². The highest BCUT2D eigenvalue weighted by Crippen LogP contribution is 2.35. The fraction of sp³-hybridized carbons (Fsp3) is 0.579. The number of ether oxygens (including phenoxy) is 1. The Bertz CT molecular complexity index is 817. The summed E-state index contributed by atoms with van der Waals surface area (Å²) in [7, 11) is 0. The molecule has 0 bridgehead atoms. The molecule has 0 atom stereocenters. The zero-order valence-corrected chi connectivity index (χ0v) is 16.9. The van der Waals surface area contributed by atoms with Crippen molar-refractivity contribution in [1.29, 1.82) is 0 Å². The Labute approximate surface area is 170 Å². The Morgan fingerprint density at radius 2 is 2.04 bits per heavy atom. The zero-order valence-electron chi connectivity index (χ0n) is 15.3. The van der Waals surface area contributed by atoms with Gasteiger partial charge in [0.1, 0.15) is 17.4 Å². The van der Waals surface area contributed by atoms with Crippen molar-refractivity contribution in [2.24, 2.45) is 0 Å². The summed E-state index contributed by atoms with van der Waals surface area (Å²) in [5.74, 6) is 3.86. The molecule has 1 fully saturated rings. The van der Waals surface area contributed by atoms with Gasteiger partial charge in [-0.1, -0.05) is 11.6 Å². The molecule has 6 nitrogen and oxygen atoms in total. The SMILES string of the molecule is Cl.Clc1cc2c(c(CN3CCC(c4nnc5n4CCNC5)CC3)c1)OCC2. The molecule has 0 saturated carbocycles. The maximum Gasteiger partial charge on any atom is 0.147 e. The van der Waals surface area contributed by atoms with Crippen LogP contribution in [-0.4, -0.2) is 45.9 Å². The predicted octanol–water partition coefficient (Wildman–Crippen LogP) is 2.77. The van der Waals surface area contributed by atoms with E-state index in [1.165, 1.54) is 17.0 Å². The van der Waals surface area contributed by atoms with Crippen molar-refractivity contribution in [2.45, 2.75) is 44.8 Å². The third kappa shape index (κ3) is 3.68. The normalized spacial score (nSPS) is 19.9. The number of nitrogens with one attached hydrogen (secondary N) is 1. The lowest BCUT2D eigenvalue weighted by Crippen LogP contribution is -2.34. The molecule has 1 saturated heterocycles.